The van der Waals surface area contributed by atoms with E-state index in [1.807, 2.05) is 50.2 Å². The summed E-state index contributed by atoms with van der Waals surface area (Å²) in [5, 5.41) is 13.0. The van der Waals surface area contributed by atoms with Gasteiger partial charge in [-0.2, -0.15) is 0 Å². The predicted octanol–water partition coefficient (Wildman–Crippen LogP) is 3.67. The molecule has 3 nitrogen and oxygen atoms in total. The first-order valence-electron chi connectivity index (χ1n) is 5.76. The molecule has 2 rings (SSSR count). The van der Waals surface area contributed by atoms with E-state index in [0.717, 1.165) is 11.3 Å². The van der Waals surface area contributed by atoms with Crippen molar-refractivity contribution in [3.63, 3.8) is 0 Å². The Kier molecular flexibility index (Phi) is 3.78. The minimum atomic E-state index is -0.641. The molecule has 0 saturated heterocycles. The number of aliphatic hydroxyl groups excluding tert-OH is 1. The largest absolute Gasteiger partial charge is 0.452 e. The monoisotopic (exact) mass is 309 g/mol. The zero-order valence-electron chi connectivity index (χ0n) is 10.4. The number of furan rings is 1. The number of nitrogens with one attached hydrogen (secondary N) is 1. The number of halogens is 1. The zero-order valence-corrected chi connectivity index (χ0v) is 12.0. The highest BCUT2D eigenvalue weighted by Crippen LogP contribution is 2.30. The summed E-state index contributed by atoms with van der Waals surface area (Å²) in [5.41, 5.74) is 1.47. The van der Waals surface area contributed by atoms with E-state index < -0.39 is 5.54 Å². The molecule has 2 N–H and O–H groups in total. The molecule has 1 unspecified atom stereocenters. The van der Waals surface area contributed by atoms with Crippen LogP contribution in [-0.2, 0) is 5.54 Å². The first-order valence-corrected chi connectivity index (χ1v) is 6.55. The molecule has 2 aromatic rings. The summed E-state index contributed by atoms with van der Waals surface area (Å²) in [4.78, 5) is 0. The van der Waals surface area contributed by atoms with Gasteiger partial charge in [0.1, 0.15) is 11.3 Å². The first kappa shape index (κ1) is 13.2. The summed E-state index contributed by atoms with van der Waals surface area (Å²) in [6, 6.07) is 11.6. The van der Waals surface area contributed by atoms with Gasteiger partial charge in [-0.3, -0.25) is 0 Å². The summed E-state index contributed by atoms with van der Waals surface area (Å²) >= 11 is 3.28. The maximum absolute atomic E-state index is 9.66. The lowest BCUT2D eigenvalue weighted by Crippen LogP contribution is -2.35. The molecule has 0 spiro atoms. The summed E-state index contributed by atoms with van der Waals surface area (Å²) in [7, 11) is 0. The third-order valence-electron chi connectivity index (χ3n) is 2.99. The van der Waals surface area contributed by atoms with Crippen molar-refractivity contribution in [1.82, 2.24) is 0 Å². The molecule has 4 heteroatoms. The molecule has 1 atom stereocenters. The Labute approximate surface area is 115 Å². The quantitative estimate of drug-likeness (QED) is 0.905. The molecule has 0 fully saturated rings. The van der Waals surface area contributed by atoms with Crippen molar-refractivity contribution in [3.8, 4) is 0 Å². The molecule has 18 heavy (non-hydrogen) atoms. The van der Waals surface area contributed by atoms with E-state index >= 15 is 0 Å². The van der Waals surface area contributed by atoms with Crippen LogP contribution >= 0.6 is 15.9 Å². The van der Waals surface area contributed by atoms with Crippen LogP contribution in [0.1, 0.15) is 18.2 Å². The average molecular weight is 310 g/mol. The highest BCUT2D eigenvalue weighted by atomic mass is 79.9. The van der Waals surface area contributed by atoms with Crippen molar-refractivity contribution in [1.29, 1.82) is 0 Å². The Morgan fingerprint density at radius 3 is 2.56 bits per heavy atom. The first-order chi connectivity index (χ1) is 8.55. The van der Waals surface area contributed by atoms with Crippen LogP contribution in [0.3, 0.4) is 0 Å². The van der Waals surface area contributed by atoms with Crippen molar-refractivity contribution in [2.24, 2.45) is 0 Å². The van der Waals surface area contributed by atoms with E-state index in [1.165, 1.54) is 0 Å². The van der Waals surface area contributed by atoms with Gasteiger partial charge in [0.2, 0.25) is 0 Å². The molecule has 1 aromatic carbocycles. The topological polar surface area (TPSA) is 45.4 Å². The molecule has 0 bridgehead atoms. The normalized spacial score (nSPS) is 14.2. The molecule has 0 aliphatic rings. The smallest absolute Gasteiger partial charge is 0.169 e. The Hall–Kier alpha value is -1.26. The van der Waals surface area contributed by atoms with Crippen molar-refractivity contribution < 1.29 is 9.52 Å². The van der Waals surface area contributed by atoms with Crippen LogP contribution in [0.15, 0.2) is 45.5 Å². The third-order valence-corrected chi connectivity index (χ3v) is 3.42. The summed E-state index contributed by atoms with van der Waals surface area (Å²) < 4.78 is 6.20. The van der Waals surface area contributed by atoms with Crippen LogP contribution in [0, 0.1) is 6.92 Å². The second-order valence-electron chi connectivity index (χ2n) is 4.53. The van der Waals surface area contributed by atoms with Gasteiger partial charge < -0.3 is 14.8 Å². The van der Waals surface area contributed by atoms with Crippen LogP contribution in [0.2, 0.25) is 0 Å². The molecular weight excluding hydrogens is 294 g/mol. The zero-order chi connectivity index (χ0) is 13.2. The van der Waals surface area contributed by atoms with Gasteiger partial charge in [0.15, 0.2) is 4.67 Å². The lowest BCUT2D eigenvalue weighted by molar-refractivity contribution is 0.202. The average Bonchev–Trinajstić information content (AvgIpc) is 2.79. The molecule has 1 heterocycles. The molecule has 0 saturated carbocycles. The maximum Gasteiger partial charge on any atom is 0.169 e. The third kappa shape index (κ3) is 2.60. The van der Waals surface area contributed by atoms with Crippen molar-refractivity contribution in [2.75, 3.05) is 11.9 Å². The lowest BCUT2D eigenvalue weighted by atomic mass is 9.99. The molecule has 0 amide bonds. The number of benzene rings is 1. The van der Waals surface area contributed by atoms with Crippen molar-refractivity contribution >= 4 is 21.6 Å². The van der Waals surface area contributed by atoms with Crippen LogP contribution < -0.4 is 5.32 Å². The maximum atomic E-state index is 9.66. The van der Waals surface area contributed by atoms with E-state index in [9.17, 15) is 5.11 Å². The predicted molar refractivity (Wildman–Crippen MR) is 75.6 cm³/mol. The van der Waals surface area contributed by atoms with E-state index in [0.29, 0.717) is 10.4 Å². The number of para-hydroxylation sites is 1. The minimum Gasteiger partial charge on any atom is -0.452 e. The Balaban J connectivity index is 2.31. The molecular formula is C14H16BrNO2. The Bertz CT molecular complexity index is 538. The van der Waals surface area contributed by atoms with Crippen LogP contribution in [-0.4, -0.2) is 11.7 Å². The fourth-order valence-electron chi connectivity index (χ4n) is 1.80. The van der Waals surface area contributed by atoms with E-state index in [-0.39, 0.29) is 6.61 Å². The van der Waals surface area contributed by atoms with Gasteiger partial charge >= 0.3 is 0 Å². The van der Waals surface area contributed by atoms with Crippen molar-refractivity contribution in [2.45, 2.75) is 19.4 Å². The van der Waals surface area contributed by atoms with E-state index in [2.05, 4.69) is 21.2 Å². The van der Waals surface area contributed by atoms with Crippen LogP contribution in [0.5, 0.6) is 0 Å². The lowest BCUT2D eigenvalue weighted by Gasteiger charge is -2.28. The number of rotatable bonds is 4. The van der Waals surface area contributed by atoms with Gasteiger partial charge in [0, 0.05) is 5.69 Å². The summed E-state index contributed by atoms with van der Waals surface area (Å²) in [5.74, 6) is 0.695. The number of hydrogen-bond donors (Lipinski definition) is 2. The fraction of sp³-hybridized carbons (Fsp3) is 0.286. The standard InChI is InChI=1S/C14H16BrNO2/c1-10-5-3-4-6-11(10)16-14(2,9-17)12-7-8-13(15)18-12/h3-8,16-17H,9H2,1-2H3. The minimum absolute atomic E-state index is 0.0543. The SMILES string of the molecule is Cc1ccccc1NC(C)(CO)c1ccc(Br)o1. The second-order valence-corrected chi connectivity index (χ2v) is 5.32. The number of hydrogen-bond acceptors (Lipinski definition) is 3. The number of aryl methyl sites for hydroxylation is 1. The van der Waals surface area contributed by atoms with Gasteiger partial charge in [-0.25, -0.2) is 0 Å². The van der Waals surface area contributed by atoms with Gasteiger partial charge in [-0.1, -0.05) is 18.2 Å². The highest BCUT2D eigenvalue weighted by Gasteiger charge is 2.29. The van der Waals surface area contributed by atoms with Crippen molar-refractivity contribution in [3.05, 3.63) is 52.4 Å². The van der Waals surface area contributed by atoms with Gasteiger partial charge in [-0.05, 0) is 53.5 Å². The molecule has 0 aliphatic heterocycles. The van der Waals surface area contributed by atoms with Gasteiger partial charge in [-0.15, -0.1) is 0 Å². The van der Waals surface area contributed by atoms with E-state index in [1.54, 1.807) is 0 Å². The summed E-state index contributed by atoms with van der Waals surface area (Å²) in [6.07, 6.45) is 0. The molecule has 0 aliphatic carbocycles. The number of anilines is 1. The van der Waals surface area contributed by atoms with Gasteiger partial charge in [0.25, 0.3) is 0 Å². The number of aliphatic hydroxyl groups is 1. The second kappa shape index (κ2) is 5.16. The van der Waals surface area contributed by atoms with Crippen LogP contribution in [0.4, 0.5) is 5.69 Å². The Morgan fingerprint density at radius 1 is 1.28 bits per heavy atom. The van der Waals surface area contributed by atoms with Gasteiger partial charge in [0.05, 0.1) is 6.61 Å². The van der Waals surface area contributed by atoms with Crippen LogP contribution in [0.25, 0.3) is 0 Å². The fourth-order valence-corrected chi connectivity index (χ4v) is 2.11. The Morgan fingerprint density at radius 2 is 2.00 bits per heavy atom. The molecule has 0 radical (unpaired) electrons. The highest BCUT2D eigenvalue weighted by molar-refractivity contribution is 9.10. The molecule has 96 valence electrons. The molecule has 1 aromatic heterocycles. The summed E-state index contributed by atoms with van der Waals surface area (Å²) in [6.45, 7) is 3.88. The van der Waals surface area contributed by atoms with E-state index in [4.69, 9.17) is 4.42 Å².